The second-order valence-electron chi connectivity index (χ2n) is 6.45. The Kier molecular flexibility index (Phi) is 4.41. The molecule has 0 saturated carbocycles. The van der Waals surface area contributed by atoms with Crippen molar-refractivity contribution >= 4 is 34.9 Å². The molecule has 2 amide bonds. The van der Waals surface area contributed by atoms with Gasteiger partial charge in [-0.2, -0.15) is 5.10 Å². The van der Waals surface area contributed by atoms with E-state index in [1.54, 1.807) is 35.1 Å². The molecule has 7 heteroatoms. The number of nitrogens with zero attached hydrogens (tertiary/aromatic N) is 2. The highest BCUT2D eigenvalue weighted by Crippen LogP contribution is 2.36. The third-order valence-electron chi connectivity index (χ3n) is 4.52. The monoisotopic (exact) mass is 380 g/mol. The second kappa shape index (κ2) is 6.89. The quantitative estimate of drug-likeness (QED) is 0.717. The first-order chi connectivity index (χ1) is 13.0. The number of aryl methyl sites for hydroxylation is 1. The lowest BCUT2D eigenvalue weighted by molar-refractivity contribution is -0.123. The minimum Gasteiger partial charge on any atom is -0.325 e. The maximum absolute atomic E-state index is 12.4. The molecule has 3 aromatic rings. The van der Waals surface area contributed by atoms with E-state index in [0.717, 1.165) is 16.7 Å². The fourth-order valence-electron chi connectivity index (χ4n) is 3.10. The van der Waals surface area contributed by atoms with Crippen molar-refractivity contribution in [3.05, 3.63) is 65.3 Å². The summed E-state index contributed by atoms with van der Waals surface area (Å²) < 4.78 is 1.57. The van der Waals surface area contributed by atoms with Gasteiger partial charge in [0.25, 0.3) is 5.91 Å². The number of hydrogen-bond acceptors (Lipinski definition) is 3. The number of fused-ring (bicyclic) bond motifs is 1. The first-order valence-corrected chi connectivity index (χ1v) is 8.90. The van der Waals surface area contributed by atoms with Gasteiger partial charge in [-0.25, -0.2) is 4.68 Å². The largest absolute Gasteiger partial charge is 0.325 e. The molecule has 136 valence electrons. The summed E-state index contributed by atoms with van der Waals surface area (Å²) in [5.74, 6) is 0.0589. The van der Waals surface area contributed by atoms with E-state index in [-0.39, 0.29) is 18.2 Å². The summed E-state index contributed by atoms with van der Waals surface area (Å²) in [6.07, 6.45) is 1.68. The van der Waals surface area contributed by atoms with Gasteiger partial charge in [-0.1, -0.05) is 53.6 Å². The summed E-state index contributed by atoms with van der Waals surface area (Å²) in [5.41, 5.74) is 3.46. The summed E-state index contributed by atoms with van der Waals surface area (Å²) in [5, 5.41) is 10.4. The molecule has 4 rings (SSSR count). The van der Waals surface area contributed by atoms with Crippen LogP contribution >= 0.6 is 11.6 Å². The van der Waals surface area contributed by atoms with Crippen LogP contribution in [0, 0.1) is 6.92 Å². The molecule has 0 aliphatic carbocycles. The van der Waals surface area contributed by atoms with Crippen molar-refractivity contribution in [2.45, 2.75) is 19.4 Å². The van der Waals surface area contributed by atoms with E-state index in [0.29, 0.717) is 16.5 Å². The van der Waals surface area contributed by atoms with Gasteiger partial charge in [0.1, 0.15) is 11.9 Å². The van der Waals surface area contributed by atoms with Crippen molar-refractivity contribution in [3.63, 3.8) is 0 Å². The lowest BCUT2D eigenvalue weighted by Crippen LogP contribution is -2.23. The molecule has 2 aromatic carbocycles. The summed E-state index contributed by atoms with van der Waals surface area (Å²) >= 11 is 6.07. The van der Waals surface area contributed by atoms with Gasteiger partial charge in [-0.15, -0.1) is 0 Å². The van der Waals surface area contributed by atoms with Gasteiger partial charge in [0.2, 0.25) is 5.91 Å². The van der Waals surface area contributed by atoms with Gasteiger partial charge in [0.05, 0.1) is 23.3 Å². The number of hydrogen-bond donors (Lipinski definition) is 2. The molecule has 0 fully saturated rings. The molecule has 0 spiro atoms. The van der Waals surface area contributed by atoms with Gasteiger partial charge in [-0.05, 0) is 24.6 Å². The maximum Gasteiger partial charge on any atom is 0.251 e. The Morgan fingerprint density at radius 3 is 2.70 bits per heavy atom. The average molecular weight is 381 g/mol. The SMILES string of the molecule is Cc1ccc(-c2cnn3c2NC(=O)C3CC(=O)Nc2ccccc2Cl)cc1. The number of nitrogens with one attached hydrogen (secondary N) is 2. The number of aromatic nitrogens is 2. The number of benzene rings is 2. The van der Waals surface area contributed by atoms with Crippen molar-refractivity contribution in [1.29, 1.82) is 0 Å². The molecule has 1 aliphatic heterocycles. The molecule has 1 aliphatic rings. The second-order valence-corrected chi connectivity index (χ2v) is 6.86. The summed E-state index contributed by atoms with van der Waals surface area (Å²) in [7, 11) is 0. The Labute approximate surface area is 161 Å². The van der Waals surface area contributed by atoms with E-state index >= 15 is 0 Å². The highest BCUT2D eigenvalue weighted by molar-refractivity contribution is 6.33. The van der Waals surface area contributed by atoms with Gasteiger partial charge in [0, 0.05) is 5.56 Å². The van der Waals surface area contributed by atoms with Crippen molar-refractivity contribution in [3.8, 4) is 11.1 Å². The van der Waals surface area contributed by atoms with Crippen molar-refractivity contribution in [2.75, 3.05) is 10.6 Å². The number of carbonyl (C=O) groups excluding carboxylic acids is 2. The molecular weight excluding hydrogens is 364 g/mol. The van der Waals surface area contributed by atoms with Crippen LogP contribution < -0.4 is 10.6 Å². The van der Waals surface area contributed by atoms with Crippen LogP contribution in [0.25, 0.3) is 11.1 Å². The topological polar surface area (TPSA) is 76.0 Å². The molecular formula is C20H17ClN4O2. The van der Waals surface area contributed by atoms with Crippen LogP contribution in [0.4, 0.5) is 11.5 Å². The molecule has 2 heterocycles. The standard InChI is InChI=1S/C20H17ClN4O2/c1-12-6-8-13(9-7-12)14-11-22-25-17(20(27)24-19(14)25)10-18(26)23-16-5-3-2-4-15(16)21/h2-9,11,17H,10H2,1H3,(H,23,26)(H,24,27). The van der Waals surface area contributed by atoms with Crippen LogP contribution in [0.3, 0.4) is 0 Å². The van der Waals surface area contributed by atoms with Crippen molar-refractivity contribution < 1.29 is 9.59 Å². The molecule has 0 saturated heterocycles. The fraction of sp³-hybridized carbons (Fsp3) is 0.150. The number of halogens is 1. The molecule has 1 atom stereocenters. The van der Waals surface area contributed by atoms with E-state index in [1.165, 1.54) is 0 Å². The van der Waals surface area contributed by atoms with E-state index in [1.807, 2.05) is 31.2 Å². The number of anilines is 2. The van der Waals surface area contributed by atoms with Gasteiger partial charge >= 0.3 is 0 Å². The number of rotatable bonds is 4. The summed E-state index contributed by atoms with van der Waals surface area (Å²) in [4.78, 5) is 24.8. The Morgan fingerprint density at radius 1 is 1.22 bits per heavy atom. The summed E-state index contributed by atoms with van der Waals surface area (Å²) in [6, 6.07) is 14.3. The lowest BCUT2D eigenvalue weighted by Gasteiger charge is -2.10. The Morgan fingerprint density at radius 2 is 1.96 bits per heavy atom. The van der Waals surface area contributed by atoms with Crippen molar-refractivity contribution in [1.82, 2.24) is 9.78 Å². The normalized spacial score (nSPS) is 15.3. The van der Waals surface area contributed by atoms with Gasteiger partial charge < -0.3 is 10.6 Å². The number of carbonyl (C=O) groups is 2. The highest BCUT2D eigenvalue weighted by atomic mass is 35.5. The Balaban J connectivity index is 1.55. The third-order valence-corrected chi connectivity index (χ3v) is 4.85. The van der Waals surface area contributed by atoms with E-state index in [2.05, 4.69) is 15.7 Å². The van der Waals surface area contributed by atoms with Crippen LogP contribution in [0.5, 0.6) is 0 Å². The van der Waals surface area contributed by atoms with Crippen LogP contribution in [0.2, 0.25) is 5.02 Å². The predicted octanol–water partition coefficient (Wildman–Crippen LogP) is 4.03. The van der Waals surface area contributed by atoms with Crippen LogP contribution in [-0.4, -0.2) is 21.6 Å². The zero-order valence-corrected chi connectivity index (χ0v) is 15.3. The zero-order chi connectivity index (χ0) is 19.0. The van der Waals surface area contributed by atoms with E-state index in [4.69, 9.17) is 11.6 Å². The fourth-order valence-corrected chi connectivity index (χ4v) is 3.28. The number of amides is 2. The van der Waals surface area contributed by atoms with Crippen LogP contribution in [-0.2, 0) is 9.59 Å². The van der Waals surface area contributed by atoms with Crippen molar-refractivity contribution in [2.24, 2.45) is 0 Å². The van der Waals surface area contributed by atoms with E-state index in [9.17, 15) is 9.59 Å². The van der Waals surface area contributed by atoms with Gasteiger partial charge in [0.15, 0.2) is 0 Å². The molecule has 2 N–H and O–H groups in total. The lowest BCUT2D eigenvalue weighted by atomic mass is 10.1. The third kappa shape index (κ3) is 3.31. The minimum absolute atomic E-state index is 0.0287. The average Bonchev–Trinajstić information content (AvgIpc) is 3.18. The Bertz CT molecular complexity index is 1030. The number of para-hydroxylation sites is 1. The first kappa shape index (κ1) is 17.3. The summed E-state index contributed by atoms with van der Waals surface area (Å²) in [6.45, 7) is 2.02. The Hall–Kier alpha value is -3.12. The smallest absolute Gasteiger partial charge is 0.251 e. The van der Waals surface area contributed by atoms with Crippen LogP contribution in [0.1, 0.15) is 18.0 Å². The highest BCUT2D eigenvalue weighted by Gasteiger charge is 2.35. The van der Waals surface area contributed by atoms with Crippen LogP contribution in [0.15, 0.2) is 54.7 Å². The maximum atomic E-state index is 12.4. The zero-order valence-electron chi connectivity index (χ0n) is 14.6. The van der Waals surface area contributed by atoms with Gasteiger partial charge in [-0.3, -0.25) is 9.59 Å². The molecule has 0 radical (unpaired) electrons. The molecule has 1 aromatic heterocycles. The molecule has 1 unspecified atom stereocenters. The molecule has 27 heavy (non-hydrogen) atoms. The minimum atomic E-state index is -0.693. The predicted molar refractivity (Wildman–Crippen MR) is 105 cm³/mol. The molecule has 0 bridgehead atoms. The van der Waals surface area contributed by atoms with E-state index < -0.39 is 6.04 Å². The molecule has 6 nitrogen and oxygen atoms in total. The first-order valence-electron chi connectivity index (χ1n) is 8.53.